The number of benzene rings is 1. The lowest BCUT2D eigenvalue weighted by Gasteiger charge is -2.26. The average Bonchev–Trinajstić information content (AvgIpc) is 3.49. The maximum Gasteiger partial charge on any atom is 0.250 e. The smallest absolute Gasteiger partial charge is 0.250 e. The third-order valence-corrected chi connectivity index (χ3v) is 6.08. The number of carbonyl (C=O) groups is 1. The molecule has 1 aliphatic heterocycles. The summed E-state index contributed by atoms with van der Waals surface area (Å²) in [5, 5.41) is 0. The largest absolute Gasteiger partial charge is 0.402 e. The lowest BCUT2D eigenvalue weighted by Crippen LogP contribution is -2.38. The number of nitrogens with two attached hydrogens (primary N) is 1. The number of H-pyrrole nitrogens is 1. The van der Waals surface area contributed by atoms with Gasteiger partial charge >= 0.3 is 0 Å². The van der Waals surface area contributed by atoms with Crippen molar-refractivity contribution in [3.05, 3.63) is 94.2 Å². The Labute approximate surface area is 207 Å². The van der Waals surface area contributed by atoms with Crippen molar-refractivity contribution in [3.63, 3.8) is 0 Å². The molecule has 0 saturated carbocycles. The topological polar surface area (TPSA) is 83.7 Å². The monoisotopic (exact) mass is 478 g/mol. The Bertz CT molecular complexity index is 1150. The molecule has 1 fully saturated rings. The highest BCUT2D eigenvalue weighted by molar-refractivity contribution is 6.13. The van der Waals surface area contributed by atoms with Crippen LogP contribution in [0.15, 0.2) is 76.7 Å². The minimum Gasteiger partial charge on any atom is -0.402 e. The number of aromatic amines is 1. The van der Waals surface area contributed by atoms with E-state index in [0.717, 1.165) is 52.9 Å². The quantitative estimate of drug-likeness (QED) is 0.576. The Morgan fingerprint density at radius 1 is 1.34 bits per heavy atom. The average molecular weight is 479 g/mol. The molecule has 1 aromatic carbocycles. The summed E-state index contributed by atoms with van der Waals surface area (Å²) in [7, 11) is 1.76. The molecule has 1 atom stereocenters. The molecular formula is C28H35FN4O2. The van der Waals surface area contributed by atoms with Gasteiger partial charge in [-0.1, -0.05) is 29.8 Å². The van der Waals surface area contributed by atoms with Crippen LogP contribution in [0.1, 0.15) is 42.9 Å². The van der Waals surface area contributed by atoms with Crippen molar-refractivity contribution in [1.82, 2.24) is 9.88 Å². The fourth-order valence-electron chi connectivity index (χ4n) is 4.26. The molecule has 2 heterocycles. The lowest BCUT2D eigenvalue weighted by molar-refractivity contribution is -0.127. The number of ether oxygens (including phenoxy) is 1. The number of nitrogens with zero attached hydrogens (tertiary/aromatic N) is 2. The lowest BCUT2D eigenvalue weighted by atomic mass is 10.0. The zero-order valence-corrected chi connectivity index (χ0v) is 21.0. The van der Waals surface area contributed by atoms with Crippen LogP contribution in [-0.2, 0) is 9.53 Å². The van der Waals surface area contributed by atoms with Crippen molar-refractivity contribution in [2.45, 2.75) is 46.3 Å². The van der Waals surface area contributed by atoms with Gasteiger partial charge in [-0.05, 0) is 69.4 Å². The van der Waals surface area contributed by atoms with E-state index >= 15 is 0 Å². The molecule has 7 heteroatoms. The van der Waals surface area contributed by atoms with E-state index in [1.165, 1.54) is 11.6 Å². The van der Waals surface area contributed by atoms with Gasteiger partial charge < -0.3 is 20.4 Å². The molecule has 1 aromatic heterocycles. The van der Waals surface area contributed by atoms with Crippen LogP contribution in [0.25, 0.3) is 0 Å². The highest BCUT2D eigenvalue weighted by Gasteiger charge is 2.36. The van der Waals surface area contributed by atoms with Crippen LogP contribution in [0.5, 0.6) is 0 Å². The third kappa shape index (κ3) is 6.79. The SMILES string of the molecule is C/C=C(\C(=NC)c1cc[nH]c1)C1OCC(=O)N1CCC1=CCCC(N)=C1.Cc1ccc(F)c(C)c1. The first kappa shape index (κ1) is 26.2. The maximum absolute atomic E-state index is 12.5. The van der Waals surface area contributed by atoms with Gasteiger partial charge in [0.25, 0.3) is 5.91 Å². The number of allylic oxidation sites excluding steroid dienone is 4. The Morgan fingerprint density at radius 2 is 2.14 bits per heavy atom. The second kappa shape index (κ2) is 12.3. The van der Waals surface area contributed by atoms with E-state index in [1.807, 2.05) is 50.5 Å². The van der Waals surface area contributed by atoms with E-state index in [2.05, 4.69) is 16.1 Å². The third-order valence-electron chi connectivity index (χ3n) is 6.08. The van der Waals surface area contributed by atoms with Crippen molar-refractivity contribution in [3.8, 4) is 0 Å². The number of halogens is 1. The second-order valence-electron chi connectivity index (χ2n) is 8.71. The van der Waals surface area contributed by atoms with Gasteiger partial charge in [-0.2, -0.15) is 0 Å². The molecule has 2 aromatic rings. The van der Waals surface area contributed by atoms with E-state index in [0.29, 0.717) is 6.54 Å². The Morgan fingerprint density at radius 3 is 2.74 bits per heavy atom. The molecule has 0 radical (unpaired) electrons. The van der Waals surface area contributed by atoms with Gasteiger partial charge in [0.05, 0.1) is 5.71 Å². The Hall–Kier alpha value is -3.45. The van der Waals surface area contributed by atoms with E-state index in [-0.39, 0.29) is 18.3 Å². The maximum atomic E-state index is 12.5. The summed E-state index contributed by atoms with van der Waals surface area (Å²) >= 11 is 0. The number of carbonyl (C=O) groups excluding carboxylic acids is 1. The minimum atomic E-state index is -0.411. The predicted molar refractivity (Wildman–Crippen MR) is 139 cm³/mol. The second-order valence-corrected chi connectivity index (χ2v) is 8.71. The molecule has 186 valence electrons. The summed E-state index contributed by atoms with van der Waals surface area (Å²) in [6.07, 6.45) is 12.2. The number of aromatic nitrogens is 1. The molecule has 3 N–H and O–H groups in total. The predicted octanol–water partition coefficient (Wildman–Crippen LogP) is 4.96. The van der Waals surface area contributed by atoms with Gasteiger partial charge in [0, 0.05) is 42.8 Å². The van der Waals surface area contributed by atoms with Crippen LogP contribution in [0.4, 0.5) is 4.39 Å². The van der Waals surface area contributed by atoms with Crippen LogP contribution in [0.2, 0.25) is 0 Å². The first-order valence-electron chi connectivity index (χ1n) is 11.9. The van der Waals surface area contributed by atoms with Crippen LogP contribution < -0.4 is 5.73 Å². The summed E-state index contributed by atoms with van der Waals surface area (Å²) < 4.78 is 18.3. The van der Waals surface area contributed by atoms with E-state index in [9.17, 15) is 9.18 Å². The van der Waals surface area contributed by atoms with Gasteiger partial charge in [0.15, 0.2) is 6.23 Å². The normalized spacial score (nSPS) is 18.7. The molecule has 1 saturated heterocycles. The van der Waals surface area contributed by atoms with Crippen LogP contribution in [0, 0.1) is 19.7 Å². The van der Waals surface area contributed by atoms with E-state index in [1.54, 1.807) is 24.9 Å². The first-order chi connectivity index (χ1) is 16.8. The highest BCUT2D eigenvalue weighted by atomic mass is 19.1. The number of amides is 1. The molecule has 1 unspecified atom stereocenters. The Balaban J connectivity index is 0.000000320. The molecule has 1 aliphatic carbocycles. The summed E-state index contributed by atoms with van der Waals surface area (Å²) in [6, 6.07) is 7.05. The Kier molecular flexibility index (Phi) is 9.20. The summed E-state index contributed by atoms with van der Waals surface area (Å²) in [4.78, 5) is 21.7. The van der Waals surface area contributed by atoms with E-state index in [4.69, 9.17) is 10.5 Å². The number of aliphatic imine (C=N–C) groups is 1. The fourth-order valence-corrected chi connectivity index (χ4v) is 4.26. The van der Waals surface area contributed by atoms with E-state index < -0.39 is 6.23 Å². The van der Waals surface area contributed by atoms with Gasteiger partial charge in [-0.3, -0.25) is 9.79 Å². The van der Waals surface area contributed by atoms with Crippen molar-refractivity contribution in [2.75, 3.05) is 20.2 Å². The fraction of sp³-hybridized carbons (Fsp3) is 0.357. The minimum absolute atomic E-state index is 0.00670. The van der Waals surface area contributed by atoms with Gasteiger partial charge in [-0.15, -0.1) is 0 Å². The number of hydrogen-bond acceptors (Lipinski definition) is 4. The number of rotatable bonds is 6. The molecule has 6 nitrogen and oxygen atoms in total. The van der Waals surface area contributed by atoms with Crippen molar-refractivity contribution in [1.29, 1.82) is 0 Å². The van der Waals surface area contributed by atoms with Crippen LogP contribution in [0.3, 0.4) is 0 Å². The molecule has 4 rings (SSSR count). The number of aryl methyl sites for hydroxylation is 2. The zero-order valence-electron chi connectivity index (χ0n) is 21.0. The molecule has 2 aliphatic rings. The van der Waals surface area contributed by atoms with Gasteiger partial charge in [-0.25, -0.2) is 4.39 Å². The van der Waals surface area contributed by atoms with Crippen molar-refractivity contribution < 1.29 is 13.9 Å². The summed E-state index contributed by atoms with van der Waals surface area (Å²) in [5.41, 5.74) is 12.6. The summed E-state index contributed by atoms with van der Waals surface area (Å²) in [5.74, 6) is -0.118. The number of nitrogens with one attached hydrogen (secondary N) is 1. The molecule has 0 bridgehead atoms. The van der Waals surface area contributed by atoms with Gasteiger partial charge in [0.2, 0.25) is 0 Å². The van der Waals surface area contributed by atoms with Gasteiger partial charge in [0.1, 0.15) is 12.4 Å². The van der Waals surface area contributed by atoms with Crippen LogP contribution >= 0.6 is 0 Å². The highest BCUT2D eigenvalue weighted by Crippen LogP contribution is 2.25. The summed E-state index contributed by atoms with van der Waals surface area (Å²) in [6.45, 7) is 6.36. The van der Waals surface area contributed by atoms with Crippen molar-refractivity contribution >= 4 is 11.6 Å². The standard InChI is InChI=1S/C20H26N4O2.C8H9F/c1-3-17(19(22-2)15-7-9-23-12-15)20-24(18(25)13-26-20)10-8-14-5-4-6-16(21)11-14;1-6-3-4-8(9)7(2)5-6/h3,5,7,9,11-12,20,23H,4,6,8,10,13,21H2,1-2H3;3-5H,1-2H3/b17-3+,22-19?;. The molecule has 35 heavy (non-hydrogen) atoms. The first-order valence-corrected chi connectivity index (χ1v) is 11.9. The molecule has 1 amide bonds. The zero-order chi connectivity index (χ0) is 25.4. The van der Waals surface area contributed by atoms with Crippen molar-refractivity contribution in [2.24, 2.45) is 10.7 Å². The van der Waals surface area contributed by atoms with Crippen LogP contribution in [-0.4, -0.2) is 47.9 Å². The number of hydrogen-bond donors (Lipinski definition) is 2. The molecular weight excluding hydrogens is 443 g/mol. The molecule has 0 spiro atoms.